The van der Waals surface area contributed by atoms with Crippen LogP contribution >= 0.6 is 0 Å². The lowest BCUT2D eigenvalue weighted by molar-refractivity contribution is 0.315. The van der Waals surface area contributed by atoms with Crippen LogP contribution in [0.25, 0.3) is 0 Å². The van der Waals surface area contributed by atoms with Gasteiger partial charge in [0, 0.05) is 69.5 Å². The SMILES string of the molecule is CN(C)C(=NCCC[Si](C)(O[Si](C)(C)C)O[Si](C)(CCCN=C(N(C)C)N(C)C)O[Si](C)(C)C)N(C)C. The highest BCUT2D eigenvalue weighted by Crippen LogP contribution is 2.30. The van der Waals surface area contributed by atoms with Crippen molar-refractivity contribution in [2.75, 3.05) is 69.5 Å². The third-order valence-corrected chi connectivity index (χ3v) is 19.5. The molecule has 2 unspecified atom stereocenters. The molecule has 0 spiro atoms. The maximum atomic E-state index is 7.15. The smallest absolute Gasteiger partial charge is 0.315 e. The Morgan fingerprint density at radius 3 is 0.973 bits per heavy atom. The summed E-state index contributed by atoms with van der Waals surface area (Å²) in [7, 11) is 7.63. The molecule has 0 heterocycles. The van der Waals surface area contributed by atoms with Crippen LogP contribution in [0.1, 0.15) is 12.8 Å². The lowest BCUT2D eigenvalue weighted by Crippen LogP contribution is -2.58. The molecule has 0 radical (unpaired) electrons. The van der Waals surface area contributed by atoms with E-state index >= 15 is 0 Å². The van der Waals surface area contributed by atoms with Crippen molar-refractivity contribution < 1.29 is 12.3 Å². The molecule has 0 fully saturated rings. The highest BCUT2D eigenvalue weighted by molar-refractivity contribution is 6.89. The standard InChI is InChI=1S/C24H60N6O3Si4/c1-27(2)23(28(3)4)25-19-17-21-36(15,31-34(9,10)11)33-37(16,32-35(12,13)14)22-18-20-26-24(29(5)6)30(7)8/h17-22H2,1-16H3. The second kappa shape index (κ2) is 15.2. The zero-order chi connectivity index (χ0) is 29.2. The summed E-state index contributed by atoms with van der Waals surface area (Å²) >= 11 is 0. The first-order valence-electron chi connectivity index (χ1n) is 13.5. The summed E-state index contributed by atoms with van der Waals surface area (Å²) in [6, 6.07) is 1.83. The van der Waals surface area contributed by atoms with Crippen LogP contribution in [0.15, 0.2) is 9.98 Å². The van der Waals surface area contributed by atoms with E-state index in [2.05, 4.69) is 72.0 Å². The fraction of sp³-hybridized carbons (Fsp3) is 0.917. The van der Waals surface area contributed by atoms with E-state index in [0.717, 1.165) is 49.9 Å². The summed E-state index contributed by atoms with van der Waals surface area (Å²) in [5, 5.41) is 0. The molecule has 0 bridgehead atoms. The third-order valence-electron chi connectivity index (χ3n) is 5.16. The van der Waals surface area contributed by atoms with Crippen LogP contribution < -0.4 is 0 Å². The van der Waals surface area contributed by atoms with Crippen LogP contribution in [-0.4, -0.2) is 135 Å². The molecule has 0 aliphatic carbocycles. The van der Waals surface area contributed by atoms with E-state index in [1.807, 2.05) is 56.4 Å². The number of aliphatic imine (C=N–C) groups is 2. The molecule has 9 nitrogen and oxygen atoms in total. The lowest BCUT2D eigenvalue weighted by Gasteiger charge is -2.43. The van der Waals surface area contributed by atoms with Gasteiger partial charge in [0.25, 0.3) is 0 Å². The molecule has 13 heteroatoms. The van der Waals surface area contributed by atoms with Gasteiger partial charge in [-0.05, 0) is 77.3 Å². The maximum absolute atomic E-state index is 7.15. The van der Waals surface area contributed by atoms with Crippen LogP contribution in [0.4, 0.5) is 0 Å². The monoisotopic (exact) mass is 592 g/mol. The topological polar surface area (TPSA) is 65.4 Å². The number of hydrogen-bond donors (Lipinski definition) is 0. The van der Waals surface area contributed by atoms with E-state index in [0.29, 0.717) is 0 Å². The molecule has 0 aliphatic rings. The molecule has 2 atom stereocenters. The molecule has 0 aliphatic heterocycles. The van der Waals surface area contributed by atoms with E-state index in [-0.39, 0.29) is 0 Å². The summed E-state index contributed by atoms with van der Waals surface area (Å²) in [4.78, 5) is 17.9. The number of guanidine groups is 2. The lowest BCUT2D eigenvalue weighted by atomic mass is 10.5. The molecule has 0 aromatic carbocycles. The van der Waals surface area contributed by atoms with E-state index in [1.54, 1.807) is 0 Å². The molecular weight excluding hydrogens is 533 g/mol. The molecule has 0 saturated carbocycles. The molecule has 37 heavy (non-hydrogen) atoms. The summed E-state index contributed by atoms with van der Waals surface area (Å²) in [5.74, 6) is 1.96. The first-order chi connectivity index (χ1) is 16.6. The molecule has 0 aromatic rings. The molecule has 220 valence electrons. The first kappa shape index (κ1) is 36.3. The fourth-order valence-electron chi connectivity index (χ4n) is 4.52. The van der Waals surface area contributed by atoms with Crippen molar-refractivity contribution in [3.05, 3.63) is 0 Å². The Kier molecular flexibility index (Phi) is 14.9. The van der Waals surface area contributed by atoms with Gasteiger partial charge in [-0.15, -0.1) is 0 Å². The molecule has 0 N–H and O–H groups in total. The minimum absolute atomic E-state index is 0.756. The van der Waals surface area contributed by atoms with Gasteiger partial charge in [-0.2, -0.15) is 0 Å². The average molecular weight is 593 g/mol. The number of rotatable bonds is 14. The first-order valence-corrected chi connectivity index (χ1v) is 25.3. The van der Waals surface area contributed by atoms with Gasteiger partial charge < -0.3 is 31.9 Å². The highest BCUT2D eigenvalue weighted by atomic mass is 28.5. The van der Waals surface area contributed by atoms with Gasteiger partial charge in [0.2, 0.25) is 0 Å². The van der Waals surface area contributed by atoms with Gasteiger partial charge in [0.05, 0.1) is 0 Å². The van der Waals surface area contributed by atoms with Gasteiger partial charge >= 0.3 is 17.1 Å². The van der Waals surface area contributed by atoms with E-state index in [9.17, 15) is 0 Å². The summed E-state index contributed by atoms with van der Waals surface area (Å²) in [6.45, 7) is 19.6. The zero-order valence-electron chi connectivity index (χ0n) is 27.2. The normalized spacial score (nSPS) is 15.4. The van der Waals surface area contributed by atoms with Gasteiger partial charge in [-0.25, -0.2) is 0 Å². The van der Waals surface area contributed by atoms with Crippen molar-refractivity contribution in [1.29, 1.82) is 0 Å². The number of nitrogens with zero attached hydrogens (tertiary/aromatic N) is 6. The second-order valence-electron chi connectivity index (χ2n) is 12.9. The summed E-state index contributed by atoms with van der Waals surface area (Å²) < 4.78 is 20.9. The zero-order valence-corrected chi connectivity index (χ0v) is 31.2. The van der Waals surface area contributed by atoms with Crippen molar-refractivity contribution in [2.24, 2.45) is 9.98 Å². The highest BCUT2D eigenvalue weighted by Gasteiger charge is 2.46. The molecule has 0 rings (SSSR count). The second-order valence-corrected chi connectivity index (χ2v) is 29.4. The van der Waals surface area contributed by atoms with Crippen molar-refractivity contribution in [2.45, 2.75) is 77.3 Å². The van der Waals surface area contributed by atoms with E-state index < -0.39 is 33.8 Å². The van der Waals surface area contributed by atoms with Gasteiger partial charge in [0.15, 0.2) is 28.6 Å². The molecule has 0 saturated heterocycles. The Morgan fingerprint density at radius 1 is 0.486 bits per heavy atom. The average Bonchev–Trinajstić information content (AvgIpc) is 2.62. The van der Waals surface area contributed by atoms with Crippen LogP contribution in [0.5, 0.6) is 0 Å². The molecular formula is C24H60N6O3Si4. The number of hydrogen-bond acceptors (Lipinski definition) is 5. The Labute approximate surface area is 234 Å². The van der Waals surface area contributed by atoms with Gasteiger partial charge in [-0.1, -0.05) is 0 Å². The summed E-state index contributed by atoms with van der Waals surface area (Å²) in [6.07, 6.45) is 1.88. The minimum atomic E-state index is -2.49. The Hall–Kier alpha value is -0.712. The van der Waals surface area contributed by atoms with E-state index in [4.69, 9.17) is 22.3 Å². The minimum Gasteiger partial charge on any atom is -0.437 e. The van der Waals surface area contributed by atoms with Crippen molar-refractivity contribution in [3.63, 3.8) is 0 Å². The third kappa shape index (κ3) is 16.1. The largest absolute Gasteiger partial charge is 0.437 e. The van der Waals surface area contributed by atoms with Crippen LogP contribution in [0.2, 0.25) is 64.5 Å². The van der Waals surface area contributed by atoms with Crippen LogP contribution in [0.3, 0.4) is 0 Å². The Balaban J connectivity index is 5.75. The van der Waals surface area contributed by atoms with Gasteiger partial charge in [-0.3, -0.25) is 9.98 Å². The van der Waals surface area contributed by atoms with Crippen LogP contribution in [-0.2, 0) is 12.3 Å². The van der Waals surface area contributed by atoms with Crippen molar-refractivity contribution in [1.82, 2.24) is 19.6 Å². The van der Waals surface area contributed by atoms with Crippen LogP contribution in [0, 0.1) is 0 Å². The Morgan fingerprint density at radius 2 is 0.757 bits per heavy atom. The van der Waals surface area contributed by atoms with Gasteiger partial charge in [0.1, 0.15) is 0 Å². The summed E-state index contributed by atoms with van der Waals surface area (Å²) in [5.41, 5.74) is 0. The predicted octanol–water partition coefficient (Wildman–Crippen LogP) is 4.59. The maximum Gasteiger partial charge on any atom is 0.315 e. The van der Waals surface area contributed by atoms with E-state index in [1.165, 1.54) is 0 Å². The fourth-order valence-corrected chi connectivity index (χ4v) is 22.9. The van der Waals surface area contributed by atoms with Crippen molar-refractivity contribution >= 4 is 45.7 Å². The predicted molar refractivity (Wildman–Crippen MR) is 171 cm³/mol. The molecule has 0 aromatic heterocycles. The molecule has 0 amide bonds. The van der Waals surface area contributed by atoms with Crippen molar-refractivity contribution in [3.8, 4) is 0 Å². The quantitative estimate of drug-likeness (QED) is 0.127. The Bertz CT molecular complexity index is 659.